The molecule has 0 aromatic carbocycles. The van der Waals surface area contributed by atoms with E-state index in [1.165, 1.54) is 22.7 Å². The number of aryl methyl sites for hydroxylation is 1. The van der Waals surface area contributed by atoms with Gasteiger partial charge in [0.05, 0.1) is 21.5 Å². The predicted molar refractivity (Wildman–Crippen MR) is 104 cm³/mol. The summed E-state index contributed by atoms with van der Waals surface area (Å²) in [4.78, 5) is 18.9. The Kier molecular flexibility index (Phi) is 6.12. The van der Waals surface area contributed by atoms with Gasteiger partial charge in [0, 0.05) is 19.1 Å². The number of rotatable bonds is 6. The van der Waals surface area contributed by atoms with Gasteiger partial charge in [0.25, 0.3) is 5.91 Å². The van der Waals surface area contributed by atoms with Crippen LogP contribution in [0.15, 0.2) is 12.1 Å². The summed E-state index contributed by atoms with van der Waals surface area (Å²) in [6.45, 7) is 5.08. The molecule has 3 rings (SSSR count). The van der Waals surface area contributed by atoms with Gasteiger partial charge in [-0.05, 0) is 45.0 Å². The van der Waals surface area contributed by atoms with Crippen LogP contribution in [0.1, 0.15) is 28.2 Å². The molecule has 0 radical (unpaired) electrons. The monoisotopic (exact) mass is 399 g/mol. The fourth-order valence-corrected chi connectivity index (χ4v) is 5.21. The zero-order chi connectivity index (χ0) is 17.9. The van der Waals surface area contributed by atoms with Gasteiger partial charge in [-0.25, -0.2) is 4.98 Å². The standard InChI is InChI=1S/C17H22ClN3O2S2/c1-11-14(25-16(21-11)12-3-4-13(18)24-12)15(22)20-9-17(10-23-2)5-7-19-8-6-17/h3-4,19H,5-10H2,1-2H3,(H,20,22). The summed E-state index contributed by atoms with van der Waals surface area (Å²) in [5.74, 6) is -0.0575. The number of thiophene rings is 1. The van der Waals surface area contributed by atoms with E-state index in [1.807, 2.05) is 19.1 Å². The minimum atomic E-state index is -0.0575. The Hall–Kier alpha value is -0.990. The molecule has 3 heterocycles. The fraction of sp³-hybridized carbons (Fsp3) is 0.529. The number of methoxy groups -OCH3 is 1. The summed E-state index contributed by atoms with van der Waals surface area (Å²) in [6.07, 6.45) is 2.00. The summed E-state index contributed by atoms with van der Waals surface area (Å²) in [5, 5.41) is 7.31. The Morgan fingerprint density at radius 3 is 2.80 bits per heavy atom. The molecule has 2 aromatic rings. The maximum Gasteiger partial charge on any atom is 0.263 e. The molecule has 8 heteroatoms. The van der Waals surface area contributed by atoms with E-state index in [2.05, 4.69) is 15.6 Å². The first-order valence-corrected chi connectivity index (χ1v) is 10.3. The first-order chi connectivity index (χ1) is 12.0. The lowest BCUT2D eigenvalue weighted by molar-refractivity contribution is 0.0512. The van der Waals surface area contributed by atoms with E-state index in [9.17, 15) is 4.79 Å². The van der Waals surface area contributed by atoms with Crippen LogP contribution >= 0.6 is 34.3 Å². The first-order valence-electron chi connectivity index (χ1n) is 8.24. The normalized spacial score (nSPS) is 16.8. The van der Waals surface area contributed by atoms with Crippen LogP contribution in [0.2, 0.25) is 4.34 Å². The molecule has 0 spiro atoms. The minimum absolute atomic E-state index is 0.0123. The highest BCUT2D eigenvalue weighted by atomic mass is 35.5. The van der Waals surface area contributed by atoms with E-state index in [4.69, 9.17) is 16.3 Å². The Balaban J connectivity index is 1.69. The second-order valence-electron chi connectivity index (χ2n) is 6.40. The molecule has 1 saturated heterocycles. The van der Waals surface area contributed by atoms with Crippen molar-refractivity contribution < 1.29 is 9.53 Å². The number of hydrogen-bond acceptors (Lipinski definition) is 6. The number of nitrogens with one attached hydrogen (secondary N) is 2. The average Bonchev–Trinajstić information content (AvgIpc) is 3.20. The van der Waals surface area contributed by atoms with Crippen molar-refractivity contribution in [2.75, 3.05) is 33.4 Å². The Morgan fingerprint density at radius 1 is 1.40 bits per heavy atom. The molecule has 2 aromatic heterocycles. The van der Waals surface area contributed by atoms with E-state index >= 15 is 0 Å². The van der Waals surface area contributed by atoms with Gasteiger partial charge >= 0.3 is 0 Å². The van der Waals surface area contributed by atoms with Crippen molar-refractivity contribution in [3.8, 4) is 9.88 Å². The van der Waals surface area contributed by atoms with Crippen LogP contribution in [0.3, 0.4) is 0 Å². The molecule has 1 aliphatic heterocycles. The molecule has 1 fully saturated rings. The number of hydrogen-bond donors (Lipinski definition) is 2. The first kappa shape index (κ1) is 18.8. The van der Waals surface area contributed by atoms with Gasteiger partial charge in [-0.1, -0.05) is 11.6 Å². The summed E-state index contributed by atoms with van der Waals surface area (Å²) in [7, 11) is 1.72. The van der Waals surface area contributed by atoms with Crippen molar-refractivity contribution in [2.24, 2.45) is 5.41 Å². The van der Waals surface area contributed by atoms with Gasteiger partial charge in [-0.2, -0.15) is 0 Å². The number of carbonyl (C=O) groups is 1. The van der Waals surface area contributed by atoms with Crippen LogP contribution in [-0.4, -0.2) is 44.2 Å². The zero-order valence-corrected chi connectivity index (χ0v) is 16.7. The Labute approximate surface area is 160 Å². The van der Waals surface area contributed by atoms with Crippen molar-refractivity contribution in [3.63, 3.8) is 0 Å². The Bertz CT molecular complexity index is 733. The van der Waals surface area contributed by atoms with Gasteiger partial charge in [-0.3, -0.25) is 4.79 Å². The zero-order valence-electron chi connectivity index (χ0n) is 14.4. The molecule has 0 saturated carbocycles. The number of halogens is 1. The highest BCUT2D eigenvalue weighted by Crippen LogP contribution is 2.35. The van der Waals surface area contributed by atoms with Crippen molar-refractivity contribution >= 4 is 40.2 Å². The van der Waals surface area contributed by atoms with Crippen LogP contribution in [-0.2, 0) is 4.74 Å². The lowest BCUT2D eigenvalue weighted by Crippen LogP contribution is -2.47. The van der Waals surface area contributed by atoms with E-state index < -0.39 is 0 Å². The smallest absolute Gasteiger partial charge is 0.263 e. The second kappa shape index (κ2) is 8.14. The number of carbonyl (C=O) groups excluding carboxylic acids is 1. The molecule has 2 N–H and O–H groups in total. The van der Waals surface area contributed by atoms with Crippen molar-refractivity contribution in [2.45, 2.75) is 19.8 Å². The van der Waals surface area contributed by atoms with Gasteiger partial charge in [-0.15, -0.1) is 22.7 Å². The topological polar surface area (TPSA) is 63.2 Å². The highest BCUT2D eigenvalue weighted by molar-refractivity contribution is 7.24. The molecule has 25 heavy (non-hydrogen) atoms. The number of amides is 1. The summed E-state index contributed by atoms with van der Waals surface area (Å²) in [6, 6.07) is 3.79. The molecular weight excluding hydrogens is 378 g/mol. The van der Waals surface area contributed by atoms with Gasteiger partial charge < -0.3 is 15.4 Å². The lowest BCUT2D eigenvalue weighted by Gasteiger charge is -2.37. The SMILES string of the molecule is COCC1(CNC(=O)c2sc(-c3ccc(Cl)s3)nc2C)CCNCC1. The number of aromatic nitrogens is 1. The molecule has 5 nitrogen and oxygen atoms in total. The number of ether oxygens (including phenoxy) is 1. The van der Waals surface area contributed by atoms with Gasteiger partial charge in [0.2, 0.25) is 0 Å². The quantitative estimate of drug-likeness (QED) is 0.779. The second-order valence-corrected chi connectivity index (χ2v) is 9.12. The third-order valence-electron chi connectivity index (χ3n) is 4.53. The van der Waals surface area contributed by atoms with Crippen molar-refractivity contribution in [1.82, 2.24) is 15.6 Å². The van der Waals surface area contributed by atoms with E-state index in [1.54, 1.807) is 7.11 Å². The maximum absolute atomic E-state index is 12.7. The molecule has 0 bridgehead atoms. The van der Waals surface area contributed by atoms with Gasteiger partial charge in [0.15, 0.2) is 0 Å². The Morgan fingerprint density at radius 2 is 2.16 bits per heavy atom. The van der Waals surface area contributed by atoms with Crippen LogP contribution in [0.25, 0.3) is 9.88 Å². The third kappa shape index (κ3) is 4.41. The van der Waals surface area contributed by atoms with Crippen LogP contribution in [0.5, 0.6) is 0 Å². The highest BCUT2D eigenvalue weighted by Gasteiger charge is 2.33. The van der Waals surface area contributed by atoms with E-state index in [0.29, 0.717) is 18.0 Å². The molecule has 136 valence electrons. The molecular formula is C17H22ClN3O2S2. The molecule has 0 atom stereocenters. The van der Waals surface area contributed by atoms with Crippen LogP contribution in [0.4, 0.5) is 0 Å². The summed E-state index contributed by atoms with van der Waals surface area (Å²) < 4.78 is 6.13. The molecule has 1 amide bonds. The average molecular weight is 400 g/mol. The summed E-state index contributed by atoms with van der Waals surface area (Å²) in [5.41, 5.74) is 0.770. The number of nitrogens with zero attached hydrogens (tertiary/aromatic N) is 1. The summed E-state index contributed by atoms with van der Waals surface area (Å²) >= 11 is 8.89. The van der Waals surface area contributed by atoms with Crippen molar-refractivity contribution in [3.05, 3.63) is 27.0 Å². The van der Waals surface area contributed by atoms with E-state index in [-0.39, 0.29) is 11.3 Å². The van der Waals surface area contributed by atoms with Crippen molar-refractivity contribution in [1.29, 1.82) is 0 Å². The van der Waals surface area contributed by atoms with Gasteiger partial charge in [0.1, 0.15) is 9.88 Å². The van der Waals surface area contributed by atoms with Crippen LogP contribution in [0, 0.1) is 12.3 Å². The maximum atomic E-state index is 12.7. The predicted octanol–water partition coefficient (Wildman–Crippen LogP) is 3.58. The van der Waals surface area contributed by atoms with E-state index in [0.717, 1.165) is 45.8 Å². The molecule has 0 unspecified atom stereocenters. The largest absolute Gasteiger partial charge is 0.384 e. The minimum Gasteiger partial charge on any atom is -0.384 e. The number of thiazole rings is 1. The lowest BCUT2D eigenvalue weighted by atomic mass is 9.79. The van der Waals surface area contributed by atoms with Crippen LogP contribution < -0.4 is 10.6 Å². The molecule has 0 aliphatic carbocycles. The molecule has 1 aliphatic rings. The number of piperidine rings is 1. The third-order valence-corrected chi connectivity index (χ3v) is 7.08. The fourth-order valence-electron chi connectivity index (χ4n) is 3.13.